The maximum atomic E-state index is 3.70. The van der Waals surface area contributed by atoms with Gasteiger partial charge in [-0.25, -0.2) is 0 Å². The molecule has 0 amide bonds. The summed E-state index contributed by atoms with van der Waals surface area (Å²) in [5, 5.41) is 0. The van der Waals surface area contributed by atoms with E-state index in [2.05, 4.69) is 18.8 Å². The molecule has 45 valence electrons. The summed E-state index contributed by atoms with van der Waals surface area (Å²) in [5.41, 5.74) is 0. The van der Waals surface area contributed by atoms with Crippen molar-refractivity contribution in [2.45, 2.75) is 13.3 Å². The Kier molecular flexibility index (Phi) is 6.83. The van der Waals surface area contributed by atoms with E-state index in [1.807, 2.05) is 18.7 Å². The normalized spacial score (nSPS) is 7.75. The fourth-order valence-corrected chi connectivity index (χ4v) is 0.801. The summed E-state index contributed by atoms with van der Waals surface area (Å²) < 4.78 is 0. The molecule has 0 aliphatic rings. The van der Waals surface area contributed by atoms with Crippen molar-refractivity contribution in [2.75, 3.05) is 11.5 Å². The van der Waals surface area contributed by atoms with Crippen molar-refractivity contribution in [3.05, 3.63) is 6.92 Å². The van der Waals surface area contributed by atoms with Gasteiger partial charge in [0.25, 0.3) is 0 Å². The van der Waals surface area contributed by atoms with Crippen LogP contribution in [0.5, 0.6) is 0 Å². The SMILES string of the molecule is [CH2]CSCCC#CC. The van der Waals surface area contributed by atoms with Gasteiger partial charge in [0.1, 0.15) is 0 Å². The molecule has 1 radical (unpaired) electrons. The first-order valence-corrected chi connectivity index (χ1v) is 3.84. The van der Waals surface area contributed by atoms with Crippen LogP contribution in [0.15, 0.2) is 0 Å². The van der Waals surface area contributed by atoms with Gasteiger partial charge in [-0.2, -0.15) is 11.8 Å². The predicted molar refractivity (Wildman–Crippen MR) is 40.7 cm³/mol. The third-order valence-electron chi connectivity index (χ3n) is 0.693. The van der Waals surface area contributed by atoms with Gasteiger partial charge in [0.05, 0.1) is 0 Å². The molecule has 0 nitrogen and oxygen atoms in total. The molecule has 0 rings (SSSR count). The summed E-state index contributed by atoms with van der Waals surface area (Å²) in [6, 6.07) is 0. The molecular formula is C7H11S. The molecule has 0 aliphatic carbocycles. The van der Waals surface area contributed by atoms with E-state index in [-0.39, 0.29) is 0 Å². The number of hydrogen-bond donors (Lipinski definition) is 0. The van der Waals surface area contributed by atoms with E-state index < -0.39 is 0 Å². The van der Waals surface area contributed by atoms with Gasteiger partial charge in [0.2, 0.25) is 0 Å². The zero-order valence-corrected chi connectivity index (χ0v) is 6.05. The summed E-state index contributed by atoms with van der Waals surface area (Å²) in [4.78, 5) is 0. The highest BCUT2D eigenvalue weighted by Crippen LogP contribution is 1.98. The van der Waals surface area contributed by atoms with Gasteiger partial charge in [-0.3, -0.25) is 0 Å². The van der Waals surface area contributed by atoms with Crippen LogP contribution in [-0.2, 0) is 0 Å². The third-order valence-corrected chi connectivity index (χ3v) is 1.47. The first-order chi connectivity index (χ1) is 3.91. The first-order valence-electron chi connectivity index (χ1n) is 2.68. The average Bonchev–Trinajstić information content (AvgIpc) is 1.81. The molecular weight excluding hydrogens is 116 g/mol. The molecule has 0 spiro atoms. The molecule has 0 saturated carbocycles. The van der Waals surface area contributed by atoms with Crippen molar-refractivity contribution in [1.29, 1.82) is 0 Å². The molecule has 0 bridgehead atoms. The number of rotatable bonds is 3. The molecule has 0 aromatic rings. The van der Waals surface area contributed by atoms with E-state index >= 15 is 0 Å². The molecule has 0 atom stereocenters. The van der Waals surface area contributed by atoms with Gasteiger partial charge < -0.3 is 0 Å². The van der Waals surface area contributed by atoms with Crippen LogP contribution in [-0.4, -0.2) is 11.5 Å². The minimum atomic E-state index is 0.964. The Bertz CT molecular complexity index is 86.3. The molecule has 8 heavy (non-hydrogen) atoms. The quantitative estimate of drug-likeness (QED) is 0.412. The number of thioether (sulfide) groups is 1. The van der Waals surface area contributed by atoms with E-state index in [9.17, 15) is 0 Å². The van der Waals surface area contributed by atoms with Crippen LogP contribution >= 0.6 is 11.8 Å². The van der Waals surface area contributed by atoms with Crippen LogP contribution in [0.25, 0.3) is 0 Å². The summed E-state index contributed by atoms with van der Waals surface area (Å²) >= 11 is 1.83. The van der Waals surface area contributed by atoms with Crippen molar-refractivity contribution < 1.29 is 0 Å². The lowest BCUT2D eigenvalue weighted by Crippen LogP contribution is -1.75. The molecule has 0 fully saturated rings. The second kappa shape index (κ2) is 6.91. The molecule has 0 N–H and O–H groups in total. The monoisotopic (exact) mass is 127 g/mol. The Morgan fingerprint density at radius 1 is 1.62 bits per heavy atom. The maximum absolute atomic E-state index is 3.70. The Morgan fingerprint density at radius 2 is 2.38 bits per heavy atom. The summed E-state index contributed by atoms with van der Waals surface area (Å²) in [6.45, 7) is 5.57. The van der Waals surface area contributed by atoms with Crippen LogP contribution in [0.1, 0.15) is 13.3 Å². The lowest BCUT2D eigenvalue weighted by Gasteiger charge is -1.87. The highest BCUT2D eigenvalue weighted by Gasteiger charge is 1.78. The van der Waals surface area contributed by atoms with Crippen molar-refractivity contribution in [1.82, 2.24) is 0 Å². The fourth-order valence-electron chi connectivity index (χ4n) is 0.350. The van der Waals surface area contributed by atoms with E-state index in [1.54, 1.807) is 0 Å². The molecule has 0 unspecified atom stereocenters. The highest BCUT2D eigenvalue weighted by atomic mass is 32.2. The first kappa shape index (κ1) is 7.91. The summed E-state index contributed by atoms with van der Waals surface area (Å²) in [6.07, 6.45) is 1.01. The van der Waals surface area contributed by atoms with E-state index in [0.29, 0.717) is 0 Å². The topological polar surface area (TPSA) is 0 Å². The lowest BCUT2D eigenvalue weighted by atomic mass is 10.5. The van der Waals surface area contributed by atoms with Crippen LogP contribution < -0.4 is 0 Å². The Morgan fingerprint density at radius 3 is 2.88 bits per heavy atom. The second-order valence-corrected chi connectivity index (χ2v) is 2.51. The molecule has 0 aromatic heterocycles. The van der Waals surface area contributed by atoms with Crippen LogP contribution in [0, 0.1) is 18.8 Å². The maximum Gasteiger partial charge on any atom is 0.0179 e. The van der Waals surface area contributed by atoms with Gasteiger partial charge >= 0.3 is 0 Å². The Balaban J connectivity index is 2.79. The fraction of sp³-hybridized carbons (Fsp3) is 0.571. The van der Waals surface area contributed by atoms with E-state index in [0.717, 1.165) is 17.9 Å². The zero-order valence-electron chi connectivity index (χ0n) is 5.24. The highest BCUT2D eigenvalue weighted by molar-refractivity contribution is 7.99. The summed E-state index contributed by atoms with van der Waals surface area (Å²) in [5.74, 6) is 7.92. The average molecular weight is 127 g/mol. The van der Waals surface area contributed by atoms with Gasteiger partial charge in [-0.1, -0.05) is 0 Å². The van der Waals surface area contributed by atoms with Crippen molar-refractivity contribution in [2.24, 2.45) is 0 Å². The molecule has 1 heteroatoms. The minimum absolute atomic E-state index is 0.964. The molecule has 0 aromatic carbocycles. The lowest BCUT2D eigenvalue weighted by molar-refractivity contribution is 1.30. The second-order valence-electron chi connectivity index (χ2n) is 1.29. The van der Waals surface area contributed by atoms with Crippen LogP contribution in [0.3, 0.4) is 0 Å². The molecule has 0 aliphatic heterocycles. The van der Waals surface area contributed by atoms with Crippen molar-refractivity contribution >= 4 is 11.8 Å². The predicted octanol–water partition coefficient (Wildman–Crippen LogP) is 1.97. The zero-order chi connectivity index (χ0) is 6.24. The van der Waals surface area contributed by atoms with Gasteiger partial charge in [-0.15, -0.1) is 11.8 Å². The molecule has 0 heterocycles. The Labute approximate surface area is 56.1 Å². The van der Waals surface area contributed by atoms with E-state index in [1.165, 1.54) is 0 Å². The molecule has 0 saturated heterocycles. The third kappa shape index (κ3) is 5.91. The van der Waals surface area contributed by atoms with E-state index in [4.69, 9.17) is 0 Å². The summed E-state index contributed by atoms with van der Waals surface area (Å²) in [7, 11) is 0. The standard InChI is InChI=1S/C7H11S/c1-3-5-6-7-8-4-2/h2,4,6-7H2,1H3. The minimum Gasteiger partial charge on any atom is -0.161 e. The Hall–Kier alpha value is -0.0900. The van der Waals surface area contributed by atoms with Crippen LogP contribution in [0.4, 0.5) is 0 Å². The largest absolute Gasteiger partial charge is 0.161 e. The van der Waals surface area contributed by atoms with Gasteiger partial charge in [0.15, 0.2) is 0 Å². The van der Waals surface area contributed by atoms with Crippen molar-refractivity contribution in [3.63, 3.8) is 0 Å². The number of hydrogen-bond acceptors (Lipinski definition) is 1. The van der Waals surface area contributed by atoms with Gasteiger partial charge in [-0.05, 0) is 19.6 Å². The van der Waals surface area contributed by atoms with Gasteiger partial charge in [0, 0.05) is 12.2 Å². The van der Waals surface area contributed by atoms with Crippen LogP contribution in [0.2, 0.25) is 0 Å². The smallest absolute Gasteiger partial charge is 0.0179 e. The van der Waals surface area contributed by atoms with Crippen molar-refractivity contribution in [3.8, 4) is 11.8 Å².